The Morgan fingerprint density at radius 1 is 0.944 bits per heavy atom. The minimum atomic E-state index is -0.619. The zero-order chi connectivity index (χ0) is 26.8. The molecule has 1 atom stereocenters. The summed E-state index contributed by atoms with van der Waals surface area (Å²) in [5.41, 5.74) is 4.49. The van der Waals surface area contributed by atoms with Gasteiger partial charge in [0.05, 0.1) is 38.1 Å². The second-order valence-corrected chi connectivity index (χ2v) is 6.96. The molecule has 3 heterocycles. The SMILES string of the molecule is CCOC(=O)/C=C\C(=O)OCC.CCOC(=O)C1CC(=O)NN1c1cccnc1.Cc1cccnc1. The molecule has 1 amide bonds. The van der Waals surface area contributed by atoms with E-state index in [1.165, 1.54) is 10.6 Å². The van der Waals surface area contributed by atoms with Gasteiger partial charge in [-0.15, -0.1) is 0 Å². The van der Waals surface area contributed by atoms with Crippen LogP contribution in [-0.2, 0) is 33.4 Å². The fourth-order valence-electron chi connectivity index (χ4n) is 2.66. The van der Waals surface area contributed by atoms with E-state index in [9.17, 15) is 19.2 Å². The Hall–Kier alpha value is -4.28. The zero-order valence-electron chi connectivity index (χ0n) is 20.9. The molecule has 36 heavy (non-hydrogen) atoms. The first kappa shape index (κ1) is 29.8. The van der Waals surface area contributed by atoms with Crippen LogP contribution in [-0.4, -0.2) is 59.6 Å². The fraction of sp³-hybridized carbons (Fsp3) is 0.360. The lowest BCUT2D eigenvalue weighted by Crippen LogP contribution is -2.43. The maximum absolute atomic E-state index is 11.7. The Kier molecular flexibility index (Phi) is 14.2. The monoisotopic (exact) mass is 500 g/mol. The Balaban J connectivity index is 0.000000296. The topological polar surface area (TPSA) is 137 Å². The molecule has 11 heteroatoms. The molecule has 1 saturated heterocycles. The van der Waals surface area contributed by atoms with Crippen molar-refractivity contribution in [2.45, 2.75) is 40.2 Å². The van der Waals surface area contributed by atoms with Crippen LogP contribution in [0, 0.1) is 6.92 Å². The lowest BCUT2D eigenvalue weighted by molar-refractivity contribution is -0.145. The number of nitrogens with zero attached hydrogens (tertiary/aromatic N) is 3. The zero-order valence-corrected chi connectivity index (χ0v) is 20.9. The Bertz CT molecular complexity index is 964. The fourth-order valence-corrected chi connectivity index (χ4v) is 2.66. The summed E-state index contributed by atoms with van der Waals surface area (Å²) in [4.78, 5) is 52.2. The van der Waals surface area contributed by atoms with Gasteiger partial charge in [-0.25, -0.2) is 14.4 Å². The summed E-state index contributed by atoms with van der Waals surface area (Å²) in [7, 11) is 0. The number of aryl methyl sites for hydroxylation is 1. The number of amides is 1. The largest absolute Gasteiger partial charge is 0.464 e. The number of aromatic nitrogens is 2. The molecule has 0 aliphatic carbocycles. The van der Waals surface area contributed by atoms with Crippen LogP contribution in [0.1, 0.15) is 32.8 Å². The van der Waals surface area contributed by atoms with Crippen molar-refractivity contribution in [3.05, 3.63) is 66.8 Å². The van der Waals surface area contributed by atoms with Crippen LogP contribution in [0.3, 0.4) is 0 Å². The molecule has 0 saturated carbocycles. The van der Waals surface area contributed by atoms with Gasteiger partial charge in [0.1, 0.15) is 0 Å². The smallest absolute Gasteiger partial charge is 0.331 e. The number of esters is 3. The van der Waals surface area contributed by atoms with Crippen LogP contribution in [0.15, 0.2) is 61.2 Å². The van der Waals surface area contributed by atoms with Crippen molar-refractivity contribution >= 4 is 29.5 Å². The highest BCUT2D eigenvalue weighted by Gasteiger charge is 2.37. The van der Waals surface area contributed by atoms with Gasteiger partial charge in [-0.2, -0.15) is 0 Å². The second kappa shape index (κ2) is 17.2. The molecule has 1 fully saturated rings. The van der Waals surface area contributed by atoms with E-state index in [0.717, 1.165) is 12.2 Å². The average molecular weight is 501 g/mol. The maximum atomic E-state index is 11.7. The lowest BCUT2D eigenvalue weighted by atomic mass is 10.2. The van der Waals surface area contributed by atoms with Crippen molar-refractivity contribution in [3.8, 4) is 0 Å². The predicted octanol–water partition coefficient (Wildman–Crippen LogP) is 2.31. The molecular weight excluding hydrogens is 468 g/mol. The summed E-state index contributed by atoms with van der Waals surface area (Å²) >= 11 is 0. The van der Waals surface area contributed by atoms with Gasteiger partial charge in [-0.3, -0.25) is 25.2 Å². The first-order valence-electron chi connectivity index (χ1n) is 11.4. The van der Waals surface area contributed by atoms with Gasteiger partial charge in [-0.05, 0) is 51.5 Å². The van der Waals surface area contributed by atoms with Gasteiger partial charge >= 0.3 is 17.9 Å². The normalized spacial score (nSPS) is 13.9. The molecule has 1 aliphatic rings. The molecule has 11 nitrogen and oxygen atoms in total. The predicted molar refractivity (Wildman–Crippen MR) is 131 cm³/mol. The standard InChI is InChI=1S/C11H13N3O3.C8H12O4.C6H7N/c1-2-17-11(16)9-6-10(15)13-14(9)8-4-3-5-12-7-8;1-3-11-7(9)5-6-8(10)12-4-2;1-6-3-2-4-7-5-6/h3-5,7,9H,2,6H2,1H3,(H,13,15);5-6H,3-4H2,1-2H3;2-5H,1H3/b;6-5-;. The third-order valence-corrected chi connectivity index (χ3v) is 4.16. The molecule has 0 radical (unpaired) electrons. The Morgan fingerprint density at radius 3 is 1.92 bits per heavy atom. The lowest BCUT2D eigenvalue weighted by Gasteiger charge is -2.23. The van der Waals surface area contributed by atoms with E-state index in [-0.39, 0.29) is 12.3 Å². The third kappa shape index (κ3) is 11.7. The van der Waals surface area contributed by atoms with Gasteiger partial charge in [0.2, 0.25) is 5.91 Å². The number of hydrazine groups is 1. The minimum Gasteiger partial charge on any atom is -0.464 e. The number of carbonyl (C=O) groups is 4. The minimum absolute atomic E-state index is 0.105. The molecule has 1 aliphatic heterocycles. The molecule has 3 rings (SSSR count). The third-order valence-electron chi connectivity index (χ3n) is 4.16. The van der Waals surface area contributed by atoms with Crippen LogP contribution in [0.4, 0.5) is 5.69 Å². The van der Waals surface area contributed by atoms with Crippen molar-refractivity contribution in [1.82, 2.24) is 15.4 Å². The van der Waals surface area contributed by atoms with E-state index in [4.69, 9.17) is 4.74 Å². The average Bonchev–Trinajstić information content (AvgIpc) is 3.27. The van der Waals surface area contributed by atoms with Crippen molar-refractivity contribution in [3.63, 3.8) is 0 Å². The quantitative estimate of drug-likeness (QED) is 0.342. The molecular formula is C25H32N4O7. The molecule has 1 N–H and O–H groups in total. The number of ether oxygens (including phenoxy) is 3. The number of rotatable bonds is 7. The number of hydrogen-bond donors (Lipinski definition) is 1. The van der Waals surface area contributed by atoms with Gasteiger partial charge in [0.15, 0.2) is 6.04 Å². The molecule has 0 bridgehead atoms. The van der Waals surface area contributed by atoms with E-state index < -0.39 is 23.9 Å². The number of pyridine rings is 2. The van der Waals surface area contributed by atoms with Gasteiger partial charge in [-0.1, -0.05) is 6.07 Å². The maximum Gasteiger partial charge on any atom is 0.331 e. The van der Waals surface area contributed by atoms with E-state index in [1.54, 1.807) is 51.5 Å². The molecule has 1 unspecified atom stereocenters. The highest BCUT2D eigenvalue weighted by molar-refractivity contribution is 5.93. The van der Waals surface area contributed by atoms with Crippen LogP contribution in [0.5, 0.6) is 0 Å². The summed E-state index contributed by atoms with van der Waals surface area (Å²) in [5.74, 6) is -1.68. The van der Waals surface area contributed by atoms with Crippen LogP contribution >= 0.6 is 0 Å². The Labute approximate surface area is 210 Å². The van der Waals surface area contributed by atoms with Gasteiger partial charge in [0, 0.05) is 30.7 Å². The molecule has 0 aromatic carbocycles. The summed E-state index contributed by atoms with van der Waals surface area (Å²) in [6.45, 7) is 8.03. The first-order chi connectivity index (χ1) is 17.3. The Morgan fingerprint density at radius 2 is 1.50 bits per heavy atom. The summed E-state index contributed by atoms with van der Waals surface area (Å²) in [6.07, 6.45) is 9.00. The van der Waals surface area contributed by atoms with Gasteiger partial charge < -0.3 is 14.2 Å². The van der Waals surface area contributed by atoms with Crippen molar-refractivity contribution in [1.29, 1.82) is 0 Å². The van der Waals surface area contributed by atoms with Crippen LogP contribution < -0.4 is 10.4 Å². The number of nitrogens with one attached hydrogen (secondary N) is 1. The number of hydrogen-bond acceptors (Lipinski definition) is 10. The second-order valence-electron chi connectivity index (χ2n) is 6.96. The highest BCUT2D eigenvalue weighted by Crippen LogP contribution is 2.20. The first-order valence-corrected chi connectivity index (χ1v) is 11.4. The van der Waals surface area contributed by atoms with Crippen LogP contribution in [0.25, 0.3) is 0 Å². The number of carbonyl (C=O) groups excluding carboxylic acids is 4. The molecule has 2 aromatic heterocycles. The number of anilines is 1. The van der Waals surface area contributed by atoms with Crippen molar-refractivity contribution in [2.24, 2.45) is 0 Å². The van der Waals surface area contributed by atoms with E-state index >= 15 is 0 Å². The van der Waals surface area contributed by atoms with E-state index in [0.29, 0.717) is 25.5 Å². The molecule has 2 aromatic rings. The van der Waals surface area contributed by atoms with Crippen molar-refractivity contribution in [2.75, 3.05) is 24.8 Å². The summed E-state index contributed by atoms with van der Waals surface area (Å²) in [6, 6.07) is 6.83. The highest BCUT2D eigenvalue weighted by atomic mass is 16.5. The summed E-state index contributed by atoms with van der Waals surface area (Å²) < 4.78 is 14.0. The van der Waals surface area contributed by atoms with E-state index in [2.05, 4.69) is 24.9 Å². The molecule has 0 spiro atoms. The molecule has 194 valence electrons. The van der Waals surface area contributed by atoms with Crippen LogP contribution in [0.2, 0.25) is 0 Å². The summed E-state index contributed by atoms with van der Waals surface area (Å²) in [5, 5.41) is 1.49. The van der Waals surface area contributed by atoms with Crippen molar-refractivity contribution < 1.29 is 33.4 Å². The van der Waals surface area contributed by atoms with E-state index in [1.807, 2.05) is 25.3 Å². The van der Waals surface area contributed by atoms with Gasteiger partial charge in [0.25, 0.3) is 0 Å².